The number of unbranched alkanes of at least 4 members (excludes halogenated alkanes) is 28. The number of carbonyl (C=O) groups is 3. The molecule has 0 aliphatic rings. The molecule has 0 heterocycles. The number of carbonyl (C=O) groups excluding carboxylic acids is 3. The maximum atomic E-state index is 13.0. The Hall–Kier alpha value is -5.09. The predicted octanol–water partition coefficient (Wildman–Crippen LogP) is 25.5. The molecule has 0 radical (unpaired) electrons. The molecule has 5 unspecified atom stereocenters. The third-order valence-electron chi connectivity index (χ3n) is 17.4. The number of allylic oxidation sites excluding steroid dienone is 28. The van der Waals surface area contributed by atoms with Gasteiger partial charge in [0.25, 0.3) is 0 Å². The fraction of sp³-hybridized carbons (Fsp3) is 0.659. The van der Waals surface area contributed by atoms with Gasteiger partial charge >= 0.3 is 33.6 Å². The number of phosphoric acid groups is 2. The van der Waals surface area contributed by atoms with Gasteiger partial charge < -0.3 is 34.2 Å². The van der Waals surface area contributed by atoms with Crippen LogP contribution in [0.1, 0.15) is 329 Å². The Labute approximate surface area is 662 Å². The SMILES string of the molecule is CC/C=C\C/C=C\C/C=C\C/C=C\C/C=C\C/C=C\CCC(=O)OC(COC(=O)CCCCCCCCCCCCC/C=C\C/C=C\C/C=C\C/C=C\CCCCC)COP(=O)(O)OCC(O)COP(=O)(O)OCC(O)COC(=O)CCCCCCCCCCCCC/C=C\C/C=C\C/C=C\C/C=C\CCCCC. The van der Waals surface area contributed by atoms with Gasteiger partial charge in [0.1, 0.15) is 25.4 Å². The summed E-state index contributed by atoms with van der Waals surface area (Å²) in [6.07, 6.45) is 106. The Morgan fingerprint density at radius 1 is 0.266 bits per heavy atom. The lowest BCUT2D eigenvalue weighted by Gasteiger charge is -2.21. The molecule has 0 saturated carbocycles. The third kappa shape index (κ3) is 83.7. The number of aliphatic hydroxyl groups excluding tert-OH is 2. The van der Waals surface area contributed by atoms with Crippen LogP contribution in [0.5, 0.6) is 0 Å². The van der Waals surface area contributed by atoms with E-state index in [1.54, 1.807) is 0 Å². The molecule has 18 heteroatoms. The van der Waals surface area contributed by atoms with Crippen molar-refractivity contribution in [3.63, 3.8) is 0 Å². The molecule has 5 atom stereocenters. The van der Waals surface area contributed by atoms with Crippen LogP contribution in [-0.4, -0.2) is 95.9 Å². The summed E-state index contributed by atoms with van der Waals surface area (Å²) in [6.45, 7) is 2.43. The van der Waals surface area contributed by atoms with Crippen molar-refractivity contribution in [2.24, 2.45) is 0 Å². The van der Waals surface area contributed by atoms with Crippen molar-refractivity contribution in [1.82, 2.24) is 0 Å². The minimum atomic E-state index is -4.96. The fourth-order valence-electron chi connectivity index (χ4n) is 11.0. The van der Waals surface area contributed by atoms with Crippen molar-refractivity contribution >= 4 is 33.6 Å². The highest BCUT2D eigenvalue weighted by molar-refractivity contribution is 7.47. The summed E-state index contributed by atoms with van der Waals surface area (Å²) in [5.74, 6) is -1.68. The molecule has 16 nitrogen and oxygen atoms in total. The van der Waals surface area contributed by atoms with E-state index in [-0.39, 0.29) is 19.3 Å². The first-order valence-electron chi connectivity index (χ1n) is 42.4. The van der Waals surface area contributed by atoms with Crippen molar-refractivity contribution in [3.8, 4) is 0 Å². The zero-order valence-electron chi connectivity index (χ0n) is 68.2. The average molecular weight is 1560 g/mol. The summed E-state index contributed by atoms with van der Waals surface area (Å²) in [5, 5.41) is 20.7. The van der Waals surface area contributed by atoms with Crippen LogP contribution in [0.3, 0.4) is 0 Å². The quantitative estimate of drug-likeness (QED) is 0.0146. The van der Waals surface area contributed by atoms with E-state index in [1.165, 1.54) is 135 Å². The molecule has 4 N–H and O–H groups in total. The number of phosphoric ester groups is 2. The van der Waals surface area contributed by atoms with Gasteiger partial charge in [-0.25, -0.2) is 9.13 Å². The number of rotatable bonds is 79. The molecule has 109 heavy (non-hydrogen) atoms. The number of esters is 3. The highest BCUT2D eigenvalue weighted by Crippen LogP contribution is 2.45. The molecule has 0 aliphatic carbocycles. The van der Waals surface area contributed by atoms with Gasteiger partial charge in [-0.05, 0) is 148 Å². The van der Waals surface area contributed by atoms with Gasteiger partial charge in [0.05, 0.1) is 26.4 Å². The highest BCUT2D eigenvalue weighted by atomic mass is 31.2. The van der Waals surface area contributed by atoms with Crippen LogP contribution in [0.15, 0.2) is 170 Å². The third-order valence-corrected chi connectivity index (χ3v) is 19.3. The van der Waals surface area contributed by atoms with Gasteiger partial charge in [0.2, 0.25) is 0 Å². The average Bonchev–Trinajstić information content (AvgIpc) is 0.904. The summed E-state index contributed by atoms with van der Waals surface area (Å²) in [4.78, 5) is 58.8. The zero-order chi connectivity index (χ0) is 79.4. The summed E-state index contributed by atoms with van der Waals surface area (Å²) in [7, 11) is -9.84. The van der Waals surface area contributed by atoms with E-state index in [2.05, 4.69) is 173 Å². The highest BCUT2D eigenvalue weighted by Gasteiger charge is 2.29. The van der Waals surface area contributed by atoms with Crippen molar-refractivity contribution in [3.05, 3.63) is 170 Å². The summed E-state index contributed by atoms with van der Waals surface area (Å²) < 4.78 is 61.2. The van der Waals surface area contributed by atoms with E-state index in [9.17, 15) is 43.5 Å². The van der Waals surface area contributed by atoms with Gasteiger partial charge in [-0.2, -0.15) is 0 Å². The van der Waals surface area contributed by atoms with E-state index >= 15 is 0 Å². The van der Waals surface area contributed by atoms with Crippen molar-refractivity contribution in [1.29, 1.82) is 0 Å². The Bertz CT molecular complexity index is 2660. The molecule has 622 valence electrons. The van der Waals surface area contributed by atoms with Crippen molar-refractivity contribution in [2.75, 3.05) is 39.6 Å². The first kappa shape index (κ1) is 104. The molecular formula is C91H152O16P2. The molecule has 0 aliphatic heterocycles. The maximum Gasteiger partial charge on any atom is 0.472 e. The molecule has 0 spiro atoms. The van der Waals surface area contributed by atoms with Crippen LogP contribution in [0, 0.1) is 0 Å². The second kappa shape index (κ2) is 82.4. The minimum Gasteiger partial charge on any atom is -0.463 e. The van der Waals surface area contributed by atoms with Crippen molar-refractivity contribution in [2.45, 2.75) is 347 Å². The molecule has 0 saturated heterocycles. The molecule has 0 aromatic carbocycles. The largest absolute Gasteiger partial charge is 0.472 e. The van der Waals surface area contributed by atoms with Crippen LogP contribution in [-0.2, 0) is 55.8 Å². The van der Waals surface area contributed by atoms with E-state index in [0.29, 0.717) is 25.7 Å². The van der Waals surface area contributed by atoms with E-state index in [1.807, 2.05) is 18.2 Å². The monoisotopic (exact) mass is 1560 g/mol. The van der Waals surface area contributed by atoms with E-state index in [4.69, 9.17) is 32.3 Å². The minimum absolute atomic E-state index is 0.0266. The standard InChI is InChI=1S/C91H152O16P2/c1-4-7-10-13-16-19-22-25-28-31-34-36-38-40-42-44-46-48-51-53-56-59-62-65-68-71-74-77-89(94)101-80-86(92)81-103-108(97,98)104-82-87(93)83-105-109(99,100)106-85-88(107-91(96)79-76-73-70-67-64-61-58-55-50-33-30-27-24-21-18-15-12-9-6-3)84-102-90(95)78-75-72-69-66-63-60-57-54-52-49-47-45-43-41-39-37-35-32-29-26-23-20-17-14-11-8-5-2/h9,12,16-21,25-30,34-37,40-43,50,55,61,64,70,73,86-88,92-93H,4-8,10-11,13-15,22-24,31-33,38-39,44-49,51-54,56-60,62-63,65-69,71-72,74-85H2,1-3H3,(H,97,98)(H,99,100)/b12-9-,19-16-,20-17-,21-18-,28-25-,29-26-,30-27-,36-34-,37-35-,42-40-,43-41-,55-50-,64-61-,73-70-. The molecule has 0 amide bonds. The normalized spacial score (nSPS) is 14.7. The Morgan fingerprint density at radius 2 is 0.505 bits per heavy atom. The Morgan fingerprint density at radius 3 is 0.807 bits per heavy atom. The topological polar surface area (TPSA) is 231 Å². The smallest absolute Gasteiger partial charge is 0.463 e. The van der Waals surface area contributed by atoms with Gasteiger partial charge in [-0.3, -0.25) is 32.5 Å². The summed E-state index contributed by atoms with van der Waals surface area (Å²) >= 11 is 0. The fourth-order valence-corrected chi connectivity index (χ4v) is 12.6. The Balaban J connectivity index is 4.68. The van der Waals surface area contributed by atoms with E-state index < -0.39 is 91.5 Å². The number of aliphatic hydroxyl groups is 2. The molecule has 0 aromatic heterocycles. The molecular weight excluding hydrogens is 1410 g/mol. The molecule has 0 fully saturated rings. The van der Waals surface area contributed by atoms with Gasteiger partial charge in [0.15, 0.2) is 6.10 Å². The van der Waals surface area contributed by atoms with E-state index in [0.717, 1.165) is 128 Å². The first-order valence-corrected chi connectivity index (χ1v) is 45.4. The maximum absolute atomic E-state index is 13.0. The van der Waals surface area contributed by atoms with Crippen LogP contribution < -0.4 is 0 Å². The predicted molar refractivity (Wildman–Crippen MR) is 454 cm³/mol. The van der Waals surface area contributed by atoms with Crippen LogP contribution in [0.25, 0.3) is 0 Å². The number of ether oxygens (including phenoxy) is 3. The molecule has 0 bridgehead atoms. The summed E-state index contributed by atoms with van der Waals surface area (Å²) in [6, 6.07) is 0. The van der Waals surface area contributed by atoms with Crippen LogP contribution >= 0.6 is 15.6 Å². The lowest BCUT2D eigenvalue weighted by molar-refractivity contribution is -0.161. The number of hydrogen-bond acceptors (Lipinski definition) is 14. The second-order valence-corrected chi connectivity index (χ2v) is 30.8. The summed E-state index contributed by atoms with van der Waals surface area (Å²) in [5.41, 5.74) is 0. The zero-order valence-corrected chi connectivity index (χ0v) is 70.0. The first-order chi connectivity index (χ1) is 53.2. The molecule has 0 aromatic rings. The molecule has 0 rings (SSSR count). The number of hydrogen-bond donors (Lipinski definition) is 4. The van der Waals surface area contributed by atoms with Crippen LogP contribution in [0.2, 0.25) is 0 Å². The van der Waals surface area contributed by atoms with Crippen LogP contribution in [0.4, 0.5) is 0 Å². The lowest BCUT2D eigenvalue weighted by atomic mass is 10.0. The van der Waals surface area contributed by atoms with Gasteiger partial charge in [-0.1, -0.05) is 332 Å². The van der Waals surface area contributed by atoms with Gasteiger partial charge in [-0.15, -0.1) is 0 Å². The lowest BCUT2D eigenvalue weighted by Crippen LogP contribution is -2.29. The van der Waals surface area contributed by atoms with Crippen molar-refractivity contribution < 1.29 is 75.8 Å². The van der Waals surface area contributed by atoms with Gasteiger partial charge in [0, 0.05) is 19.3 Å². The Kier molecular flexibility index (Phi) is 78.5. The second-order valence-electron chi connectivity index (χ2n) is 27.9.